The van der Waals surface area contributed by atoms with Gasteiger partial charge < -0.3 is 24.7 Å². The van der Waals surface area contributed by atoms with Gasteiger partial charge in [-0.25, -0.2) is 4.99 Å². The van der Waals surface area contributed by atoms with Crippen molar-refractivity contribution in [2.24, 2.45) is 4.99 Å². The summed E-state index contributed by atoms with van der Waals surface area (Å²) >= 11 is 0. The second kappa shape index (κ2) is 13.2. The number of methoxy groups -OCH3 is 1. The third kappa shape index (κ3) is 7.53. The van der Waals surface area contributed by atoms with Crippen molar-refractivity contribution < 1.29 is 9.47 Å². The second-order valence-corrected chi connectivity index (χ2v) is 6.02. The normalized spacial score (nSPS) is 12.1. The fourth-order valence-corrected chi connectivity index (χ4v) is 2.57. The van der Waals surface area contributed by atoms with Crippen LogP contribution >= 0.6 is 24.0 Å². The number of hydrogen-bond acceptors (Lipinski definition) is 5. The van der Waals surface area contributed by atoms with Gasteiger partial charge in [0.2, 0.25) is 0 Å². The van der Waals surface area contributed by atoms with Crippen LogP contribution in [0.25, 0.3) is 0 Å². The minimum atomic E-state index is -0.0821. The van der Waals surface area contributed by atoms with Crippen LogP contribution in [0.15, 0.2) is 35.6 Å². The number of nitrogens with zero attached hydrogens (tertiary/aromatic N) is 4. The molecular formula is C19H31IN6O2. The van der Waals surface area contributed by atoms with E-state index in [0.29, 0.717) is 6.54 Å². The number of para-hydroxylation sites is 2. The van der Waals surface area contributed by atoms with Crippen LogP contribution in [0.5, 0.6) is 11.5 Å². The number of rotatable bonds is 10. The Morgan fingerprint density at radius 3 is 2.64 bits per heavy atom. The molecule has 1 atom stereocenters. The van der Waals surface area contributed by atoms with Crippen molar-refractivity contribution in [1.82, 2.24) is 25.4 Å². The monoisotopic (exact) mass is 502 g/mol. The SMILES string of the molecule is CCNC(=NCC(C)Oc1ccccc1OC)NCCn1cnnc1CC.I. The molecule has 156 valence electrons. The smallest absolute Gasteiger partial charge is 0.191 e. The van der Waals surface area contributed by atoms with Crippen LogP contribution in [0, 0.1) is 0 Å². The molecule has 1 aromatic carbocycles. The van der Waals surface area contributed by atoms with Crippen LogP contribution in [-0.2, 0) is 13.0 Å². The molecule has 0 radical (unpaired) electrons. The van der Waals surface area contributed by atoms with Gasteiger partial charge in [-0.05, 0) is 26.0 Å². The van der Waals surface area contributed by atoms with Crippen molar-refractivity contribution in [1.29, 1.82) is 0 Å². The Morgan fingerprint density at radius 1 is 1.21 bits per heavy atom. The molecule has 0 bridgehead atoms. The van der Waals surface area contributed by atoms with Gasteiger partial charge in [0.05, 0.1) is 13.7 Å². The average Bonchev–Trinajstić information content (AvgIpc) is 3.14. The molecule has 0 aliphatic heterocycles. The van der Waals surface area contributed by atoms with Crippen molar-refractivity contribution >= 4 is 29.9 Å². The molecule has 0 amide bonds. The molecule has 8 nitrogen and oxygen atoms in total. The van der Waals surface area contributed by atoms with E-state index in [4.69, 9.17) is 9.47 Å². The van der Waals surface area contributed by atoms with Gasteiger partial charge in [0.1, 0.15) is 18.3 Å². The number of halogens is 1. The molecule has 0 spiro atoms. The largest absolute Gasteiger partial charge is 0.493 e. The molecule has 1 heterocycles. The first-order chi connectivity index (χ1) is 13.2. The maximum absolute atomic E-state index is 5.95. The van der Waals surface area contributed by atoms with Gasteiger partial charge in [-0.3, -0.25) is 0 Å². The zero-order valence-corrected chi connectivity index (χ0v) is 19.3. The van der Waals surface area contributed by atoms with E-state index in [2.05, 4.69) is 32.7 Å². The molecule has 2 rings (SSSR count). The molecule has 2 aromatic rings. The number of benzene rings is 1. The number of guanidine groups is 1. The highest BCUT2D eigenvalue weighted by Gasteiger charge is 2.09. The van der Waals surface area contributed by atoms with E-state index in [1.165, 1.54) is 0 Å². The van der Waals surface area contributed by atoms with E-state index in [1.54, 1.807) is 13.4 Å². The topological polar surface area (TPSA) is 85.6 Å². The standard InChI is InChI=1S/C19H30N6O2.HI/c1-5-18-24-23-14-25(18)12-11-21-19(20-6-2)22-13-15(3)27-17-10-8-7-9-16(17)26-4;/h7-10,14-15H,5-6,11-13H2,1-4H3,(H2,20,21,22);1H. The fourth-order valence-electron chi connectivity index (χ4n) is 2.57. The molecule has 9 heteroatoms. The lowest BCUT2D eigenvalue weighted by molar-refractivity contribution is 0.219. The summed E-state index contributed by atoms with van der Waals surface area (Å²) in [5, 5.41) is 14.6. The molecule has 1 unspecified atom stereocenters. The Balaban J connectivity index is 0.00000392. The Bertz CT molecular complexity index is 722. The van der Waals surface area contributed by atoms with Gasteiger partial charge >= 0.3 is 0 Å². The van der Waals surface area contributed by atoms with Gasteiger partial charge in [0, 0.05) is 26.1 Å². The summed E-state index contributed by atoms with van der Waals surface area (Å²) in [6, 6.07) is 7.62. The first-order valence-corrected chi connectivity index (χ1v) is 9.36. The first-order valence-electron chi connectivity index (χ1n) is 9.36. The maximum atomic E-state index is 5.95. The van der Waals surface area contributed by atoms with Crippen LogP contribution in [0.3, 0.4) is 0 Å². The van der Waals surface area contributed by atoms with Gasteiger partial charge in [-0.2, -0.15) is 0 Å². The van der Waals surface area contributed by atoms with Crippen LogP contribution < -0.4 is 20.1 Å². The van der Waals surface area contributed by atoms with E-state index in [0.717, 1.165) is 49.3 Å². The summed E-state index contributed by atoms with van der Waals surface area (Å²) in [5.41, 5.74) is 0. The summed E-state index contributed by atoms with van der Waals surface area (Å²) in [6.07, 6.45) is 2.54. The third-order valence-corrected chi connectivity index (χ3v) is 3.91. The number of nitrogens with one attached hydrogen (secondary N) is 2. The summed E-state index contributed by atoms with van der Waals surface area (Å²) in [5.74, 6) is 3.19. The van der Waals surface area contributed by atoms with Crippen molar-refractivity contribution in [2.45, 2.75) is 39.8 Å². The van der Waals surface area contributed by atoms with Crippen molar-refractivity contribution in [3.8, 4) is 11.5 Å². The molecule has 0 saturated carbocycles. The Labute approximate surface area is 184 Å². The van der Waals surface area contributed by atoms with Crippen molar-refractivity contribution in [2.75, 3.05) is 26.7 Å². The lowest BCUT2D eigenvalue weighted by atomic mass is 10.3. The number of aromatic nitrogens is 3. The predicted molar refractivity (Wildman–Crippen MR) is 122 cm³/mol. The van der Waals surface area contributed by atoms with Crippen LogP contribution in [0.1, 0.15) is 26.6 Å². The quantitative estimate of drug-likeness (QED) is 0.295. The third-order valence-electron chi connectivity index (χ3n) is 3.91. The number of aryl methyl sites for hydroxylation is 1. The Morgan fingerprint density at radius 2 is 1.96 bits per heavy atom. The molecule has 0 aliphatic rings. The zero-order chi connectivity index (χ0) is 19.5. The molecule has 0 fully saturated rings. The predicted octanol–water partition coefficient (Wildman–Crippen LogP) is 2.49. The summed E-state index contributed by atoms with van der Waals surface area (Å²) < 4.78 is 13.3. The van der Waals surface area contributed by atoms with Gasteiger partial charge in [-0.15, -0.1) is 34.2 Å². The second-order valence-electron chi connectivity index (χ2n) is 6.02. The molecule has 2 N–H and O–H groups in total. The van der Waals surface area contributed by atoms with Gasteiger partial charge in [0.15, 0.2) is 17.5 Å². The minimum absolute atomic E-state index is 0. The highest BCUT2D eigenvalue weighted by Crippen LogP contribution is 2.26. The Kier molecular flexibility index (Phi) is 11.3. The zero-order valence-electron chi connectivity index (χ0n) is 17.0. The highest BCUT2D eigenvalue weighted by molar-refractivity contribution is 14.0. The molecule has 28 heavy (non-hydrogen) atoms. The number of aliphatic imine (C=N–C) groups is 1. The summed E-state index contributed by atoms with van der Waals surface area (Å²) in [4.78, 5) is 4.61. The highest BCUT2D eigenvalue weighted by atomic mass is 127. The molecule has 0 saturated heterocycles. The van der Waals surface area contributed by atoms with Crippen molar-refractivity contribution in [3.05, 3.63) is 36.4 Å². The van der Waals surface area contributed by atoms with Crippen LogP contribution in [0.4, 0.5) is 0 Å². The average molecular weight is 502 g/mol. The van der Waals surface area contributed by atoms with E-state index >= 15 is 0 Å². The van der Waals surface area contributed by atoms with Gasteiger partial charge in [0.25, 0.3) is 0 Å². The molecular weight excluding hydrogens is 471 g/mol. The van der Waals surface area contributed by atoms with E-state index < -0.39 is 0 Å². The van der Waals surface area contributed by atoms with E-state index in [-0.39, 0.29) is 30.1 Å². The van der Waals surface area contributed by atoms with Gasteiger partial charge in [-0.1, -0.05) is 19.1 Å². The number of hydrogen-bond donors (Lipinski definition) is 2. The molecule has 0 aliphatic carbocycles. The first kappa shape index (κ1) is 24.0. The van der Waals surface area contributed by atoms with Crippen LogP contribution in [-0.4, -0.2) is 53.6 Å². The summed E-state index contributed by atoms with van der Waals surface area (Å²) in [7, 11) is 1.64. The minimum Gasteiger partial charge on any atom is -0.493 e. The van der Waals surface area contributed by atoms with E-state index in [9.17, 15) is 0 Å². The van der Waals surface area contributed by atoms with Crippen molar-refractivity contribution in [3.63, 3.8) is 0 Å². The molecule has 1 aromatic heterocycles. The maximum Gasteiger partial charge on any atom is 0.191 e. The summed E-state index contributed by atoms with van der Waals surface area (Å²) in [6.45, 7) is 8.95. The fraction of sp³-hybridized carbons (Fsp3) is 0.526. The van der Waals surface area contributed by atoms with Crippen LogP contribution in [0.2, 0.25) is 0 Å². The van der Waals surface area contributed by atoms with E-state index in [1.807, 2.05) is 42.7 Å². The lowest BCUT2D eigenvalue weighted by Gasteiger charge is -2.17. The number of ether oxygens (including phenoxy) is 2. The Hall–Kier alpha value is -2.04. The lowest BCUT2D eigenvalue weighted by Crippen LogP contribution is -2.39.